The molecule has 12 heavy (non-hydrogen) atoms. The molecule has 1 aromatic carbocycles. The maximum absolute atomic E-state index is 6.89. The van der Waals surface area contributed by atoms with Crippen LogP contribution in [0.25, 0.3) is 0 Å². The van der Waals surface area contributed by atoms with Gasteiger partial charge in [0.25, 0.3) is 0 Å². The molecule has 5 N–H and O–H groups in total. The van der Waals surface area contributed by atoms with Gasteiger partial charge in [-0.25, -0.2) is 0 Å². The SMILES string of the molecule is Cc1ccc(NNC(=N)N)cc1. The number of aryl methyl sites for hydroxylation is 1. The van der Waals surface area contributed by atoms with Gasteiger partial charge in [-0.3, -0.25) is 16.3 Å². The van der Waals surface area contributed by atoms with Crippen LogP contribution in [0.3, 0.4) is 0 Å². The zero-order valence-corrected chi connectivity index (χ0v) is 6.89. The Kier molecular flexibility index (Phi) is 2.53. The number of hydrazine groups is 1. The third-order valence-corrected chi connectivity index (χ3v) is 1.39. The van der Waals surface area contributed by atoms with Crippen LogP contribution in [0, 0.1) is 12.3 Å². The predicted molar refractivity (Wildman–Crippen MR) is 49.9 cm³/mol. The lowest BCUT2D eigenvalue weighted by molar-refractivity contribution is 1.08. The molecule has 0 aliphatic rings. The van der Waals surface area contributed by atoms with Gasteiger partial charge in [0.15, 0.2) is 0 Å². The number of benzene rings is 1. The first-order valence-corrected chi connectivity index (χ1v) is 3.61. The second-order valence-electron chi connectivity index (χ2n) is 2.53. The van der Waals surface area contributed by atoms with Gasteiger partial charge in [-0.05, 0) is 19.1 Å². The summed E-state index contributed by atoms with van der Waals surface area (Å²) in [7, 11) is 0. The first kappa shape index (κ1) is 8.39. The van der Waals surface area contributed by atoms with Gasteiger partial charge < -0.3 is 5.73 Å². The van der Waals surface area contributed by atoms with Crippen LogP contribution in [0.2, 0.25) is 0 Å². The monoisotopic (exact) mass is 164 g/mol. The van der Waals surface area contributed by atoms with E-state index in [9.17, 15) is 0 Å². The summed E-state index contributed by atoms with van der Waals surface area (Å²) in [6.45, 7) is 2.02. The van der Waals surface area contributed by atoms with Crippen LogP contribution >= 0.6 is 0 Å². The fraction of sp³-hybridized carbons (Fsp3) is 0.125. The molecule has 0 atom stereocenters. The van der Waals surface area contributed by atoms with E-state index in [0.717, 1.165) is 5.69 Å². The lowest BCUT2D eigenvalue weighted by Crippen LogP contribution is -2.34. The van der Waals surface area contributed by atoms with Gasteiger partial charge in [-0.2, -0.15) is 0 Å². The van der Waals surface area contributed by atoms with Crippen molar-refractivity contribution in [2.75, 3.05) is 5.43 Å². The zero-order valence-electron chi connectivity index (χ0n) is 6.89. The van der Waals surface area contributed by atoms with Crippen molar-refractivity contribution in [2.24, 2.45) is 5.73 Å². The molecule has 0 radical (unpaired) electrons. The van der Waals surface area contributed by atoms with Crippen molar-refractivity contribution >= 4 is 11.6 Å². The largest absolute Gasteiger partial charge is 0.369 e. The molecule has 1 aromatic rings. The molecule has 0 fully saturated rings. The summed E-state index contributed by atoms with van der Waals surface area (Å²) >= 11 is 0. The second-order valence-corrected chi connectivity index (χ2v) is 2.53. The summed E-state index contributed by atoms with van der Waals surface area (Å²) in [5.41, 5.74) is 12.4. The Bertz CT molecular complexity index is 265. The minimum absolute atomic E-state index is 0.101. The first-order chi connectivity index (χ1) is 5.68. The molecule has 0 saturated carbocycles. The first-order valence-electron chi connectivity index (χ1n) is 3.61. The van der Waals surface area contributed by atoms with Gasteiger partial charge in [-0.15, -0.1) is 0 Å². The van der Waals surface area contributed by atoms with Crippen molar-refractivity contribution in [1.82, 2.24) is 5.43 Å². The van der Waals surface area contributed by atoms with E-state index in [4.69, 9.17) is 11.1 Å². The number of nitrogens with one attached hydrogen (secondary N) is 3. The van der Waals surface area contributed by atoms with Gasteiger partial charge in [0.1, 0.15) is 0 Å². The van der Waals surface area contributed by atoms with E-state index in [2.05, 4.69) is 10.9 Å². The molecule has 0 aliphatic heterocycles. The fourth-order valence-corrected chi connectivity index (χ4v) is 0.776. The molecule has 1 rings (SSSR count). The maximum Gasteiger partial charge on any atom is 0.204 e. The molecule has 0 aliphatic carbocycles. The van der Waals surface area contributed by atoms with Crippen LogP contribution in [-0.4, -0.2) is 5.96 Å². The van der Waals surface area contributed by atoms with E-state index in [1.807, 2.05) is 31.2 Å². The number of guanidine groups is 1. The van der Waals surface area contributed by atoms with Gasteiger partial charge in [0.05, 0.1) is 5.69 Å². The summed E-state index contributed by atoms with van der Waals surface area (Å²) in [5, 5.41) is 6.89. The number of rotatable bonds is 2. The highest BCUT2D eigenvalue weighted by Gasteiger charge is 1.89. The maximum atomic E-state index is 6.89. The Labute approximate surface area is 71.3 Å². The zero-order chi connectivity index (χ0) is 8.97. The molecule has 0 heterocycles. The lowest BCUT2D eigenvalue weighted by Gasteiger charge is -2.06. The van der Waals surface area contributed by atoms with Crippen molar-refractivity contribution in [1.29, 1.82) is 5.41 Å². The average molecular weight is 164 g/mol. The van der Waals surface area contributed by atoms with Crippen molar-refractivity contribution in [3.05, 3.63) is 29.8 Å². The average Bonchev–Trinajstić information content (AvgIpc) is 2.03. The highest BCUT2D eigenvalue weighted by atomic mass is 15.4. The summed E-state index contributed by atoms with van der Waals surface area (Å²) in [4.78, 5) is 0. The van der Waals surface area contributed by atoms with Crippen LogP contribution in [0.15, 0.2) is 24.3 Å². The van der Waals surface area contributed by atoms with Crippen molar-refractivity contribution < 1.29 is 0 Å². The number of anilines is 1. The molecule has 4 heteroatoms. The molecule has 0 amide bonds. The number of hydrogen-bond acceptors (Lipinski definition) is 2. The molecular weight excluding hydrogens is 152 g/mol. The minimum Gasteiger partial charge on any atom is -0.369 e. The highest BCUT2D eigenvalue weighted by Crippen LogP contribution is 2.06. The molecule has 0 bridgehead atoms. The van der Waals surface area contributed by atoms with Crippen LogP contribution < -0.4 is 16.6 Å². The third kappa shape index (κ3) is 2.49. The van der Waals surface area contributed by atoms with Crippen molar-refractivity contribution in [3.63, 3.8) is 0 Å². The van der Waals surface area contributed by atoms with E-state index in [1.54, 1.807) is 0 Å². The van der Waals surface area contributed by atoms with Crippen LogP contribution in [0.1, 0.15) is 5.56 Å². The molecule has 64 valence electrons. The smallest absolute Gasteiger partial charge is 0.204 e. The molecule has 4 nitrogen and oxygen atoms in total. The fourth-order valence-electron chi connectivity index (χ4n) is 0.776. The topological polar surface area (TPSA) is 73.9 Å². The van der Waals surface area contributed by atoms with E-state index in [-0.39, 0.29) is 5.96 Å². The Balaban J connectivity index is 2.53. The van der Waals surface area contributed by atoms with E-state index >= 15 is 0 Å². The summed E-state index contributed by atoms with van der Waals surface area (Å²) in [5.74, 6) is -0.101. The number of hydrogen-bond donors (Lipinski definition) is 4. The van der Waals surface area contributed by atoms with E-state index < -0.39 is 0 Å². The van der Waals surface area contributed by atoms with E-state index in [1.165, 1.54) is 5.56 Å². The minimum atomic E-state index is -0.101. The standard InChI is InChI=1S/C8H12N4/c1-6-2-4-7(5-3-6)11-12-8(9)10/h2-5,11H,1H3,(H4,9,10,12). The molecule has 0 aromatic heterocycles. The second kappa shape index (κ2) is 3.61. The third-order valence-electron chi connectivity index (χ3n) is 1.39. The Hall–Kier alpha value is -1.71. The Morgan fingerprint density at radius 2 is 1.92 bits per heavy atom. The normalized spacial score (nSPS) is 9.08. The summed E-state index contributed by atoms with van der Waals surface area (Å²) in [6.07, 6.45) is 0. The van der Waals surface area contributed by atoms with E-state index in [0.29, 0.717) is 0 Å². The Morgan fingerprint density at radius 1 is 1.33 bits per heavy atom. The highest BCUT2D eigenvalue weighted by molar-refractivity contribution is 5.75. The van der Waals surface area contributed by atoms with Gasteiger partial charge in [0, 0.05) is 0 Å². The van der Waals surface area contributed by atoms with Gasteiger partial charge >= 0.3 is 0 Å². The quantitative estimate of drug-likeness (QED) is 0.297. The van der Waals surface area contributed by atoms with Crippen molar-refractivity contribution in [2.45, 2.75) is 6.92 Å². The molecular formula is C8H12N4. The Morgan fingerprint density at radius 3 is 2.42 bits per heavy atom. The summed E-state index contributed by atoms with van der Waals surface area (Å²) < 4.78 is 0. The van der Waals surface area contributed by atoms with Crippen molar-refractivity contribution in [3.8, 4) is 0 Å². The van der Waals surface area contributed by atoms with Crippen LogP contribution in [-0.2, 0) is 0 Å². The summed E-state index contributed by atoms with van der Waals surface area (Å²) in [6, 6.07) is 7.77. The van der Waals surface area contributed by atoms with Gasteiger partial charge in [-0.1, -0.05) is 17.7 Å². The lowest BCUT2D eigenvalue weighted by atomic mass is 10.2. The predicted octanol–water partition coefficient (Wildman–Crippen LogP) is 0.805. The van der Waals surface area contributed by atoms with Crippen LogP contribution in [0.5, 0.6) is 0 Å². The number of nitrogens with two attached hydrogens (primary N) is 1. The van der Waals surface area contributed by atoms with Crippen LogP contribution in [0.4, 0.5) is 5.69 Å². The molecule has 0 saturated heterocycles. The van der Waals surface area contributed by atoms with Gasteiger partial charge in [0.2, 0.25) is 5.96 Å². The molecule has 0 unspecified atom stereocenters. The molecule has 0 spiro atoms.